The Morgan fingerprint density at radius 1 is 1.54 bits per heavy atom. The van der Waals surface area contributed by atoms with Gasteiger partial charge in [-0.05, 0) is 12.8 Å². The lowest BCUT2D eigenvalue weighted by Crippen LogP contribution is -2.51. The number of hydrogen-bond acceptors (Lipinski definition) is 2. The van der Waals surface area contributed by atoms with E-state index in [1.54, 1.807) is 0 Å². The van der Waals surface area contributed by atoms with Crippen molar-refractivity contribution < 1.29 is 14.4 Å². The van der Waals surface area contributed by atoms with Crippen LogP contribution in [0.25, 0.3) is 0 Å². The van der Waals surface area contributed by atoms with Crippen LogP contribution in [-0.2, 0) is 4.79 Å². The molecule has 75 valence electrons. The highest BCUT2D eigenvalue weighted by molar-refractivity contribution is 5.39. The van der Waals surface area contributed by atoms with Gasteiger partial charge in [-0.1, -0.05) is 13.3 Å². The standard InChI is InChI=1S/C10H19NO2/c1-2-3-4-7-11(9-12)8-5-6-10(11)13/h10,13H,2-8H2,1H3/q+1. The zero-order valence-corrected chi connectivity index (χ0v) is 8.33. The van der Waals surface area contributed by atoms with Crippen molar-refractivity contribution in [1.82, 2.24) is 0 Å². The van der Waals surface area contributed by atoms with Gasteiger partial charge in [0.1, 0.15) is 0 Å². The third kappa shape index (κ3) is 2.29. The Balaban J connectivity index is 2.44. The molecule has 3 heteroatoms. The van der Waals surface area contributed by atoms with Crippen molar-refractivity contribution in [3.8, 4) is 0 Å². The zero-order valence-electron chi connectivity index (χ0n) is 8.33. The number of likely N-dealkylation sites (tertiary alicyclic amines) is 1. The van der Waals surface area contributed by atoms with Gasteiger partial charge >= 0.3 is 6.41 Å². The lowest BCUT2D eigenvalue weighted by molar-refractivity contribution is -0.874. The smallest absolute Gasteiger partial charge is 0.344 e. The maximum absolute atomic E-state index is 10.8. The Hall–Kier alpha value is -0.410. The van der Waals surface area contributed by atoms with Gasteiger partial charge in [0.25, 0.3) is 0 Å². The largest absolute Gasteiger partial charge is 0.445 e. The number of quaternary nitrogens is 1. The lowest BCUT2D eigenvalue weighted by Gasteiger charge is -2.28. The molecule has 1 saturated heterocycles. The summed E-state index contributed by atoms with van der Waals surface area (Å²) < 4.78 is 0.167. The van der Waals surface area contributed by atoms with E-state index in [1.165, 1.54) is 0 Å². The molecule has 1 amide bonds. The van der Waals surface area contributed by atoms with Crippen molar-refractivity contribution in [3.05, 3.63) is 0 Å². The van der Waals surface area contributed by atoms with Crippen LogP contribution in [0.15, 0.2) is 0 Å². The molecule has 0 spiro atoms. The van der Waals surface area contributed by atoms with Crippen LogP contribution in [0, 0.1) is 0 Å². The summed E-state index contributed by atoms with van der Waals surface area (Å²) in [7, 11) is 0. The number of amides is 1. The quantitative estimate of drug-likeness (QED) is 0.515. The molecule has 1 aliphatic heterocycles. The Morgan fingerprint density at radius 3 is 2.77 bits per heavy atom. The van der Waals surface area contributed by atoms with Gasteiger partial charge in [-0.15, -0.1) is 0 Å². The zero-order chi connectivity index (χ0) is 9.73. The second kappa shape index (κ2) is 4.72. The van der Waals surface area contributed by atoms with Gasteiger partial charge in [0.05, 0.1) is 13.1 Å². The maximum Gasteiger partial charge on any atom is 0.445 e. The summed E-state index contributed by atoms with van der Waals surface area (Å²) in [5, 5.41) is 9.65. The van der Waals surface area contributed by atoms with Gasteiger partial charge in [-0.2, -0.15) is 0 Å². The van der Waals surface area contributed by atoms with Crippen LogP contribution in [0.5, 0.6) is 0 Å². The molecule has 1 fully saturated rings. The van der Waals surface area contributed by atoms with E-state index in [9.17, 15) is 9.90 Å². The Labute approximate surface area is 79.9 Å². The van der Waals surface area contributed by atoms with Gasteiger partial charge in [0.15, 0.2) is 6.23 Å². The number of hydrogen-bond donors (Lipinski definition) is 1. The molecule has 0 aromatic heterocycles. The van der Waals surface area contributed by atoms with Crippen LogP contribution >= 0.6 is 0 Å². The summed E-state index contributed by atoms with van der Waals surface area (Å²) in [4.78, 5) is 10.8. The molecule has 1 N–H and O–H groups in total. The minimum Gasteiger partial charge on any atom is -0.344 e. The number of aliphatic hydroxyl groups excluding tert-OH is 1. The molecule has 0 bridgehead atoms. The first-order chi connectivity index (χ1) is 6.25. The molecule has 0 saturated carbocycles. The van der Waals surface area contributed by atoms with Crippen LogP contribution in [-0.4, -0.2) is 35.3 Å². The molecule has 2 unspecified atom stereocenters. The van der Waals surface area contributed by atoms with Gasteiger partial charge in [-0.25, -0.2) is 9.28 Å². The fraction of sp³-hybridized carbons (Fsp3) is 0.900. The Morgan fingerprint density at radius 2 is 2.31 bits per heavy atom. The van der Waals surface area contributed by atoms with E-state index in [1.807, 2.05) is 6.41 Å². The van der Waals surface area contributed by atoms with Crippen molar-refractivity contribution in [2.75, 3.05) is 13.1 Å². The molecule has 1 heterocycles. The topological polar surface area (TPSA) is 37.3 Å². The number of unbranched alkanes of at least 4 members (excludes halogenated alkanes) is 2. The predicted octanol–water partition coefficient (Wildman–Crippen LogP) is 1.17. The lowest BCUT2D eigenvalue weighted by atomic mass is 10.2. The van der Waals surface area contributed by atoms with Crippen LogP contribution in [0.2, 0.25) is 0 Å². The Bertz CT molecular complexity index is 172. The summed E-state index contributed by atoms with van der Waals surface area (Å²) in [5.41, 5.74) is 0. The summed E-state index contributed by atoms with van der Waals surface area (Å²) in [6, 6.07) is 0. The Kier molecular flexibility index (Phi) is 3.88. The molecule has 1 aliphatic rings. The highest BCUT2D eigenvalue weighted by Gasteiger charge is 2.41. The fourth-order valence-electron chi connectivity index (χ4n) is 2.01. The summed E-state index contributed by atoms with van der Waals surface area (Å²) in [6.07, 6.45) is 6.53. The minimum atomic E-state index is -0.491. The molecule has 13 heavy (non-hydrogen) atoms. The predicted molar refractivity (Wildman–Crippen MR) is 50.5 cm³/mol. The highest BCUT2D eigenvalue weighted by Crippen LogP contribution is 2.23. The van der Waals surface area contributed by atoms with Crippen molar-refractivity contribution in [3.63, 3.8) is 0 Å². The fourth-order valence-corrected chi connectivity index (χ4v) is 2.01. The average molecular weight is 185 g/mol. The number of aliphatic hydroxyl groups is 1. The molecule has 2 atom stereocenters. The first-order valence-corrected chi connectivity index (χ1v) is 5.19. The molecular formula is C10H19NO2+. The summed E-state index contributed by atoms with van der Waals surface area (Å²) >= 11 is 0. The SMILES string of the molecule is CCCCC[N+]1([C]=O)CCCC1O. The molecule has 0 aliphatic carbocycles. The van der Waals surface area contributed by atoms with E-state index < -0.39 is 6.23 Å². The van der Waals surface area contributed by atoms with E-state index in [0.717, 1.165) is 45.2 Å². The molecule has 3 nitrogen and oxygen atoms in total. The number of nitrogens with zero attached hydrogens (tertiary/aromatic N) is 1. The van der Waals surface area contributed by atoms with Crippen molar-refractivity contribution >= 4 is 6.41 Å². The van der Waals surface area contributed by atoms with Crippen molar-refractivity contribution in [2.24, 2.45) is 0 Å². The average Bonchev–Trinajstić information content (AvgIpc) is 2.49. The maximum atomic E-state index is 10.8. The van der Waals surface area contributed by atoms with Gasteiger partial charge < -0.3 is 5.11 Å². The minimum absolute atomic E-state index is 0.167. The van der Waals surface area contributed by atoms with Crippen molar-refractivity contribution in [1.29, 1.82) is 0 Å². The number of carbonyl (C=O) groups excluding carboxylic acids is 1. The van der Waals surface area contributed by atoms with E-state index in [-0.39, 0.29) is 4.48 Å². The summed E-state index contributed by atoms with van der Waals surface area (Å²) in [5.74, 6) is 0. The van der Waals surface area contributed by atoms with E-state index in [0.29, 0.717) is 0 Å². The van der Waals surface area contributed by atoms with Gasteiger partial charge in [0, 0.05) is 12.8 Å². The van der Waals surface area contributed by atoms with E-state index in [4.69, 9.17) is 0 Å². The van der Waals surface area contributed by atoms with Crippen LogP contribution in [0.3, 0.4) is 0 Å². The third-order valence-electron chi connectivity index (χ3n) is 2.93. The molecule has 1 rings (SSSR count). The van der Waals surface area contributed by atoms with Crippen LogP contribution in [0.1, 0.15) is 39.0 Å². The van der Waals surface area contributed by atoms with Gasteiger partial charge in [0.2, 0.25) is 0 Å². The second-order valence-corrected chi connectivity index (χ2v) is 3.90. The molecule has 1 radical (unpaired) electrons. The highest BCUT2D eigenvalue weighted by atomic mass is 16.3. The van der Waals surface area contributed by atoms with Crippen LogP contribution in [0.4, 0.5) is 0 Å². The first-order valence-electron chi connectivity index (χ1n) is 5.19. The molecular weight excluding hydrogens is 166 g/mol. The monoisotopic (exact) mass is 185 g/mol. The normalized spacial score (nSPS) is 33.5. The molecule has 0 aromatic carbocycles. The van der Waals surface area contributed by atoms with E-state index >= 15 is 0 Å². The third-order valence-corrected chi connectivity index (χ3v) is 2.93. The second-order valence-electron chi connectivity index (χ2n) is 3.90. The van der Waals surface area contributed by atoms with Crippen molar-refractivity contribution in [2.45, 2.75) is 45.3 Å². The number of rotatable bonds is 5. The molecule has 0 aromatic rings. The van der Waals surface area contributed by atoms with Crippen LogP contribution < -0.4 is 0 Å². The van der Waals surface area contributed by atoms with Gasteiger partial charge in [-0.3, -0.25) is 0 Å². The summed E-state index contributed by atoms with van der Waals surface area (Å²) in [6.45, 7) is 3.67. The first kappa shape index (κ1) is 10.7. The van der Waals surface area contributed by atoms with E-state index in [2.05, 4.69) is 6.92 Å².